The molecule has 4 rings (SSSR count). The molecule has 2 atom stereocenters. The maximum atomic E-state index is 13.3. The highest BCUT2D eigenvalue weighted by atomic mass is 16.5. The van der Waals surface area contributed by atoms with Crippen LogP contribution in [-0.4, -0.2) is 41.8 Å². The molecule has 0 aliphatic carbocycles. The van der Waals surface area contributed by atoms with Crippen molar-refractivity contribution in [3.63, 3.8) is 0 Å². The maximum absolute atomic E-state index is 13.3. The molecule has 0 saturated carbocycles. The molecular formula is C24H25N3O4. The van der Waals surface area contributed by atoms with Crippen LogP contribution >= 0.6 is 0 Å². The Kier molecular flexibility index (Phi) is 6.13. The third-order valence-corrected chi connectivity index (χ3v) is 5.63. The Bertz CT molecular complexity index is 1130. The highest BCUT2D eigenvalue weighted by molar-refractivity contribution is 5.95. The molecule has 0 unspecified atom stereocenters. The number of pyridine rings is 2. The van der Waals surface area contributed by atoms with Gasteiger partial charge in [0.25, 0.3) is 11.5 Å². The lowest BCUT2D eigenvalue weighted by molar-refractivity contribution is 0.0922. The number of nitrogens with zero attached hydrogens (tertiary/aromatic N) is 2. The van der Waals surface area contributed by atoms with Crippen LogP contribution in [0.4, 0.5) is 0 Å². The molecule has 0 bridgehead atoms. The van der Waals surface area contributed by atoms with Crippen LogP contribution in [0.5, 0.6) is 5.75 Å². The number of amides is 1. The standard InChI is InChI=1S/C24H25N3O4/c1-16-9-12-27(20-5-3-4-6-21(20)30-2)24(29)22(16)23(28)26-19-15-31-14-18(19)13-17-7-10-25-11-8-17/h3-12,18-19H,13-15H2,1-2H3,(H,26,28)/t18-,19+/m1/s1. The third kappa shape index (κ3) is 4.36. The molecule has 1 saturated heterocycles. The Morgan fingerprint density at radius 1 is 1.19 bits per heavy atom. The number of para-hydroxylation sites is 2. The zero-order chi connectivity index (χ0) is 21.8. The number of methoxy groups -OCH3 is 1. The van der Waals surface area contributed by atoms with Crippen molar-refractivity contribution in [3.8, 4) is 11.4 Å². The second-order valence-electron chi connectivity index (χ2n) is 7.66. The van der Waals surface area contributed by atoms with Crippen LogP contribution in [0.2, 0.25) is 0 Å². The normalized spacial score (nSPS) is 18.0. The minimum Gasteiger partial charge on any atom is -0.495 e. The van der Waals surface area contributed by atoms with Crippen LogP contribution in [0.1, 0.15) is 21.5 Å². The summed E-state index contributed by atoms with van der Waals surface area (Å²) in [5.74, 6) is 0.301. The first-order valence-corrected chi connectivity index (χ1v) is 10.2. The fourth-order valence-electron chi connectivity index (χ4n) is 3.94. The van der Waals surface area contributed by atoms with Gasteiger partial charge in [0.15, 0.2) is 0 Å². The van der Waals surface area contributed by atoms with Gasteiger partial charge in [0.1, 0.15) is 11.3 Å². The highest BCUT2D eigenvalue weighted by Gasteiger charge is 2.31. The molecule has 1 aromatic carbocycles. The van der Waals surface area contributed by atoms with E-state index in [-0.39, 0.29) is 29.0 Å². The van der Waals surface area contributed by atoms with E-state index in [0.29, 0.717) is 30.2 Å². The van der Waals surface area contributed by atoms with Crippen molar-refractivity contribution in [1.29, 1.82) is 0 Å². The molecule has 31 heavy (non-hydrogen) atoms. The number of carbonyl (C=O) groups is 1. The second kappa shape index (κ2) is 9.14. The lowest BCUT2D eigenvalue weighted by atomic mass is 9.95. The number of hydrogen-bond acceptors (Lipinski definition) is 5. The van der Waals surface area contributed by atoms with Crippen LogP contribution in [0, 0.1) is 12.8 Å². The minimum absolute atomic E-state index is 0.128. The molecule has 0 spiro atoms. The van der Waals surface area contributed by atoms with Gasteiger partial charge in [-0.3, -0.25) is 19.1 Å². The Morgan fingerprint density at radius 2 is 1.97 bits per heavy atom. The largest absolute Gasteiger partial charge is 0.495 e. The molecular weight excluding hydrogens is 394 g/mol. The first-order chi connectivity index (χ1) is 15.1. The summed E-state index contributed by atoms with van der Waals surface area (Å²) in [6.07, 6.45) is 5.95. The van der Waals surface area contributed by atoms with Gasteiger partial charge >= 0.3 is 0 Å². The van der Waals surface area contributed by atoms with E-state index in [2.05, 4.69) is 10.3 Å². The van der Waals surface area contributed by atoms with E-state index < -0.39 is 0 Å². The summed E-state index contributed by atoms with van der Waals surface area (Å²) in [5, 5.41) is 3.03. The number of ether oxygens (including phenoxy) is 2. The highest BCUT2D eigenvalue weighted by Crippen LogP contribution is 2.22. The van der Waals surface area contributed by atoms with Crippen LogP contribution < -0.4 is 15.6 Å². The Hall–Kier alpha value is -3.45. The van der Waals surface area contributed by atoms with E-state index in [0.717, 1.165) is 12.0 Å². The first-order valence-electron chi connectivity index (χ1n) is 10.2. The van der Waals surface area contributed by atoms with Crippen molar-refractivity contribution in [1.82, 2.24) is 14.9 Å². The van der Waals surface area contributed by atoms with Gasteiger partial charge in [-0.15, -0.1) is 0 Å². The summed E-state index contributed by atoms with van der Waals surface area (Å²) < 4.78 is 12.5. The smallest absolute Gasteiger partial charge is 0.268 e. The molecule has 3 heterocycles. The van der Waals surface area contributed by atoms with Crippen molar-refractivity contribution in [2.75, 3.05) is 20.3 Å². The van der Waals surface area contributed by atoms with Crippen LogP contribution in [0.15, 0.2) is 65.8 Å². The van der Waals surface area contributed by atoms with Gasteiger partial charge in [-0.2, -0.15) is 0 Å². The van der Waals surface area contributed by atoms with Gasteiger partial charge in [-0.25, -0.2) is 0 Å². The number of carbonyl (C=O) groups excluding carboxylic acids is 1. The molecule has 7 heteroatoms. The van der Waals surface area contributed by atoms with Crippen LogP contribution in [0.25, 0.3) is 5.69 Å². The van der Waals surface area contributed by atoms with Gasteiger partial charge < -0.3 is 14.8 Å². The average Bonchev–Trinajstić information content (AvgIpc) is 3.21. The zero-order valence-electron chi connectivity index (χ0n) is 17.6. The van der Waals surface area contributed by atoms with Gasteiger partial charge in [0.05, 0.1) is 32.1 Å². The van der Waals surface area contributed by atoms with Crippen molar-refractivity contribution < 1.29 is 14.3 Å². The Labute approximate surface area is 180 Å². The Morgan fingerprint density at radius 3 is 2.74 bits per heavy atom. The molecule has 7 nitrogen and oxygen atoms in total. The van der Waals surface area contributed by atoms with Gasteiger partial charge in [0, 0.05) is 24.5 Å². The molecule has 0 radical (unpaired) electrons. The fourth-order valence-corrected chi connectivity index (χ4v) is 3.94. The molecule has 1 aliphatic rings. The number of benzene rings is 1. The topological polar surface area (TPSA) is 82.4 Å². The second-order valence-corrected chi connectivity index (χ2v) is 7.66. The number of aromatic nitrogens is 2. The van der Waals surface area contributed by atoms with E-state index in [9.17, 15) is 9.59 Å². The molecule has 1 amide bonds. The zero-order valence-corrected chi connectivity index (χ0v) is 17.6. The van der Waals surface area contributed by atoms with Crippen molar-refractivity contribution in [2.24, 2.45) is 5.92 Å². The van der Waals surface area contributed by atoms with Crippen molar-refractivity contribution in [2.45, 2.75) is 19.4 Å². The number of rotatable bonds is 6. The average molecular weight is 419 g/mol. The van der Waals surface area contributed by atoms with E-state index >= 15 is 0 Å². The predicted molar refractivity (Wildman–Crippen MR) is 117 cm³/mol. The van der Waals surface area contributed by atoms with Crippen molar-refractivity contribution in [3.05, 3.63) is 88.1 Å². The van der Waals surface area contributed by atoms with Gasteiger partial charge in [-0.1, -0.05) is 12.1 Å². The van der Waals surface area contributed by atoms with Crippen LogP contribution in [-0.2, 0) is 11.2 Å². The van der Waals surface area contributed by atoms with E-state index in [1.807, 2.05) is 24.3 Å². The van der Waals surface area contributed by atoms with E-state index in [1.54, 1.807) is 50.8 Å². The van der Waals surface area contributed by atoms with Crippen LogP contribution in [0.3, 0.4) is 0 Å². The summed E-state index contributed by atoms with van der Waals surface area (Å²) in [4.78, 5) is 30.5. The molecule has 1 aliphatic heterocycles. The van der Waals surface area contributed by atoms with E-state index in [4.69, 9.17) is 9.47 Å². The SMILES string of the molecule is COc1ccccc1-n1ccc(C)c(C(=O)N[C@H]2COC[C@H]2Cc2ccncc2)c1=O. The molecule has 1 N–H and O–H groups in total. The van der Waals surface area contributed by atoms with E-state index in [1.165, 1.54) is 4.57 Å². The predicted octanol–water partition coefficient (Wildman–Crippen LogP) is 2.54. The Balaban J connectivity index is 1.59. The number of aryl methyl sites for hydroxylation is 1. The minimum atomic E-state index is -0.387. The molecule has 2 aromatic heterocycles. The monoisotopic (exact) mass is 419 g/mol. The quantitative estimate of drug-likeness (QED) is 0.664. The molecule has 160 valence electrons. The third-order valence-electron chi connectivity index (χ3n) is 5.63. The summed E-state index contributed by atoms with van der Waals surface area (Å²) >= 11 is 0. The number of nitrogens with one attached hydrogen (secondary N) is 1. The molecule has 1 fully saturated rings. The van der Waals surface area contributed by atoms with Gasteiger partial charge in [-0.05, 0) is 54.8 Å². The van der Waals surface area contributed by atoms with Gasteiger partial charge in [0.2, 0.25) is 0 Å². The lowest BCUT2D eigenvalue weighted by Crippen LogP contribution is -2.43. The summed E-state index contributed by atoms with van der Waals surface area (Å²) in [7, 11) is 1.55. The maximum Gasteiger partial charge on any atom is 0.268 e. The molecule has 3 aromatic rings. The lowest BCUT2D eigenvalue weighted by Gasteiger charge is -2.20. The first kappa shape index (κ1) is 20.8. The summed E-state index contributed by atoms with van der Waals surface area (Å²) in [6.45, 7) is 2.75. The fraction of sp³-hybridized carbons (Fsp3) is 0.292. The summed E-state index contributed by atoms with van der Waals surface area (Å²) in [5.41, 5.74) is 2.09. The number of hydrogen-bond donors (Lipinski definition) is 1. The summed E-state index contributed by atoms with van der Waals surface area (Å²) in [6, 6.07) is 12.7. The van der Waals surface area contributed by atoms with Crippen molar-refractivity contribution >= 4 is 5.91 Å².